The molecule has 12 heteroatoms. The lowest BCUT2D eigenvalue weighted by Gasteiger charge is -2.42. The van der Waals surface area contributed by atoms with E-state index in [1.807, 2.05) is 26.0 Å². The number of nitrogen functional groups attached to an aromatic ring is 1. The van der Waals surface area contributed by atoms with Gasteiger partial charge in [0.1, 0.15) is 11.6 Å². The van der Waals surface area contributed by atoms with Crippen LogP contribution in [0.5, 0.6) is 0 Å². The molecule has 2 saturated carbocycles. The molecule has 2 aromatic rings. The number of benzene rings is 1. The number of aromatic nitrogens is 2. The number of hydrogen-bond acceptors (Lipinski definition) is 11. The molecular weight excluding hydrogens is 635 g/mol. The van der Waals surface area contributed by atoms with E-state index in [9.17, 15) is 4.57 Å². The number of anilines is 3. The van der Waals surface area contributed by atoms with Crippen molar-refractivity contribution in [1.29, 1.82) is 0 Å². The monoisotopic (exact) mass is 698 g/mol. The molecule has 1 aliphatic heterocycles. The van der Waals surface area contributed by atoms with Crippen molar-refractivity contribution in [2.75, 3.05) is 87.7 Å². The molecule has 2 aliphatic carbocycles. The largest absolute Gasteiger partial charge is 0.383 e. The van der Waals surface area contributed by atoms with Gasteiger partial charge in [0, 0.05) is 44.8 Å². The summed E-state index contributed by atoms with van der Waals surface area (Å²) < 4.78 is 24.4. The van der Waals surface area contributed by atoms with Gasteiger partial charge < -0.3 is 35.6 Å². The molecule has 1 aromatic carbocycles. The summed E-state index contributed by atoms with van der Waals surface area (Å²) in [6.07, 6.45) is 13.5. The Balaban J connectivity index is 1.07. The summed E-state index contributed by atoms with van der Waals surface area (Å²) in [4.78, 5) is 14.2. The lowest BCUT2D eigenvalue weighted by Crippen LogP contribution is -2.49. The van der Waals surface area contributed by atoms with E-state index in [4.69, 9.17) is 19.8 Å². The molecule has 1 saturated heterocycles. The van der Waals surface area contributed by atoms with Crippen molar-refractivity contribution in [3.63, 3.8) is 0 Å². The summed E-state index contributed by atoms with van der Waals surface area (Å²) in [5.74, 6) is 3.32. The lowest BCUT2D eigenvalue weighted by atomic mass is 9.82. The van der Waals surface area contributed by atoms with Gasteiger partial charge in [0.05, 0.1) is 25.4 Å². The fourth-order valence-corrected chi connectivity index (χ4v) is 9.42. The Labute approximate surface area is 295 Å². The number of hydrogen-bond donors (Lipinski definition) is 4. The van der Waals surface area contributed by atoms with Crippen LogP contribution in [0.1, 0.15) is 89.7 Å². The number of nitrogens with one attached hydrogen (secondary N) is 3. The van der Waals surface area contributed by atoms with Gasteiger partial charge in [0.2, 0.25) is 5.95 Å². The zero-order valence-corrected chi connectivity index (χ0v) is 31.1. The smallest absolute Gasteiger partial charge is 0.331 e. The Kier molecular flexibility index (Phi) is 15.5. The molecule has 0 bridgehead atoms. The summed E-state index contributed by atoms with van der Waals surface area (Å²) in [5.41, 5.74) is 7.55. The molecule has 5 rings (SSSR count). The summed E-state index contributed by atoms with van der Waals surface area (Å²) in [6, 6.07) is 13.2. The molecule has 0 radical (unpaired) electrons. The minimum atomic E-state index is -3.13. The number of nitrogens with two attached hydrogens (primary N) is 1. The zero-order valence-electron chi connectivity index (χ0n) is 30.2. The fraction of sp³-hybridized carbons (Fsp3) is 0.730. The Morgan fingerprint density at radius 2 is 1.61 bits per heavy atom. The number of piperazine rings is 1. The molecule has 1 atom stereocenters. The predicted octanol–water partition coefficient (Wildman–Crippen LogP) is 6.31. The quantitative estimate of drug-likeness (QED) is 0.0974. The Bertz CT molecular complexity index is 1270. The van der Waals surface area contributed by atoms with Crippen molar-refractivity contribution < 1.29 is 13.6 Å². The van der Waals surface area contributed by atoms with Crippen molar-refractivity contribution in [3.05, 3.63) is 42.0 Å². The van der Waals surface area contributed by atoms with Crippen molar-refractivity contribution in [1.82, 2.24) is 25.5 Å². The molecule has 5 N–H and O–H groups in total. The van der Waals surface area contributed by atoms with Gasteiger partial charge >= 0.3 is 7.60 Å². The van der Waals surface area contributed by atoms with Crippen LogP contribution >= 0.6 is 7.60 Å². The summed E-state index contributed by atoms with van der Waals surface area (Å²) in [6.45, 7) is 11.7. The highest BCUT2D eigenvalue weighted by molar-refractivity contribution is 7.53. The van der Waals surface area contributed by atoms with Crippen molar-refractivity contribution >= 4 is 25.2 Å². The summed E-state index contributed by atoms with van der Waals surface area (Å²) in [5, 5.41) is 11.0. The molecule has 1 unspecified atom stereocenters. The second-order valence-electron chi connectivity index (χ2n) is 14.2. The molecule has 2 heterocycles. The number of nitrogens with zero attached hydrogens (tertiary/aromatic N) is 4. The maximum absolute atomic E-state index is 13.2. The highest BCUT2D eigenvalue weighted by Gasteiger charge is 2.32. The van der Waals surface area contributed by atoms with Gasteiger partial charge in [-0.2, -0.15) is 9.97 Å². The third-order valence-electron chi connectivity index (χ3n) is 10.6. The van der Waals surface area contributed by atoms with E-state index < -0.39 is 7.60 Å². The Morgan fingerprint density at radius 3 is 2.33 bits per heavy atom. The van der Waals surface area contributed by atoms with Crippen molar-refractivity contribution in [2.45, 2.75) is 90.1 Å². The minimum absolute atomic E-state index is 0.0992. The van der Waals surface area contributed by atoms with Gasteiger partial charge in [-0.05, 0) is 95.8 Å². The van der Waals surface area contributed by atoms with Crippen LogP contribution in [-0.4, -0.2) is 92.6 Å². The first-order valence-corrected chi connectivity index (χ1v) is 20.9. The molecular formula is C37H63N8O3P. The van der Waals surface area contributed by atoms with Crippen molar-refractivity contribution in [2.24, 2.45) is 11.8 Å². The van der Waals surface area contributed by atoms with E-state index in [2.05, 4.69) is 55.0 Å². The third-order valence-corrected chi connectivity index (χ3v) is 12.6. The summed E-state index contributed by atoms with van der Waals surface area (Å²) in [7, 11) is -3.13. The average Bonchev–Trinajstić information content (AvgIpc) is 3.12. The Morgan fingerprint density at radius 1 is 0.898 bits per heavy atom. The molecule has 3 aliphatic rings. The van der Waals surface area contributed by atoms with Crippen LogP contribution in [0.2, 0.25) is 0 Å². The average molecular weight is 699 g/mol. The first-order chi connectivity index (χ1) is 23.9. The van der Waals surface area contributed by atoms with E-state index in [1.54, 1.807) is 0 Å². The van der Waals surface area contributed by atoms with Gasteiger partial charge in [0.15, 0.2) is 0 Å². The van der Waals surface area contributed by atoms with E-state index in [0.29, 0.717) is 43.6 Å². The van der Waals surface area contributed by atoms with E-state index in [-0.39, 0.29) is 6.04 Å². The van der Waals surface area contributed by atoms with Crippen molar-refractivity contribution in [3.8, 4) is 0 Å². The topological polar surface area (TPSA) is 130 Å². The van der Waals surface area contributed by atoms with Crippen LogP contribution in [-0.2, 0) is 13.6 Å². The van der Waals surface area contributed by atoms with Crippen LogP contribution in [0.15, 0.2) is 36.4 Å². The van der Waals surface area contributed by atoms with Crippen LogP contribution < -0.4 is 26.6 Å². The van der Waals surface area contributed by atoms with Gasteiger partial charge in [-0.3, -0.25) is 9.46 Å². The maximum atomic E-state index is 13.2. The maximum Gasteiger partial charge on any atom is 0.331 e. The first-order valence-electron chi connectivity index (χ1n) is 19.2. The fourth-order valence-electron chi connectivity index (χ4n) is 7.80. The summed E-state index contributed by atoms with van der Waals surface area (Å²) >= 11 is 0. The second kappa shape index (κ2) is 19.9. The highest BCUT2D eigenvalue weighted by atomic mass is 31.2. The van der Waals surface area contributed by atoms with Crippen LogP contribution in [0.25, 0.3) is 0 Å². The zero-order chi connectivity index (χ0) is 34.3. The lowest BCUT2D eigenvalue weighted by molar-refractivity contribution is 0.175. The molecule has 274 valence electrons. The van der Waals surface area contributed by atoms with E-state index in [1.165, 1.54) is 69.8 Å². The van der Waals surface area contributed by atoms with E-state index in [0.717, 1.165) is 63.6 Å². The van der Waals surface area contributed by atoms with Gasteiger partial charge in [-0.1, -0.05) is 49.6 Å². The van der Waals surface area contributed by atoms with E-state index >= 15 is 0 Å². The molecule has 11 nitrogen and oxygen atoms in total. The van der Waals surface area contributed by atoms with Crippen LogP contribution in [0.3, 0.4) is 0 Å². The molecule has 0 amide bonds. The van der Waals surface area contributed by atoms with Crippen LogP contribution in [0.4, 0.5) is 17.6 Å². The van der Waals surface area contributed by atoms with Gasteiger partial charge in [-0.25, -0.2) is 0 Å². The SMILES string of the molecule is CCOP(=O)(CCN1CCN(c2cc(N)nc(NCC3CCC(CNCCCNC4CCCCC4)CC3)n2)CC1c1ccccc1)OCC. The Hall–Kier alpha value is -2.27. The normalized spacial score (nSPS) is 22.7. The molecule has 1 aromatic heterocycles. The van der Waals surface area contributed by atoms with Gasteiger partial charge in [-0.15, -0.1) is 0 Å². The first kappa shape index (κ1) is 38.0. The highest BCUT2D eigenvalue weighted by Crippen LogP contribution is 2.48. The minimum Gasteiger partial charge on any atom is -0.383 e. The molecule has 3 fully saturated rings. The predicted molar refractivity (Wildman–Crippen MR) is 201 cm³/mol. The van der Waals surface area contributed by atoms with Gasteiger partial charge in [0.25, 0.3) is 0 Å². The molecule has 49 heavy (non-hydrogen) atoms. The third kappa shape index (κ3) is 12.2. The molecule has 0 spiro atoms. The van der Waals surface area contributed by atoms with Crippen LogP contribution in [0, 0.1) is 11.8 Å². The standard InChI is InChI=1S/C37H63N8O3P/c1-3-47-49(46,48-4-2)25-24-44-22-23-45(29-34(44)32-12-7-5-8-13-32)36-26-35(38)42-37(43-36)41-28-31-18-16-30(17-19-31)27-39-20-11-21-40-33-14-9-6-10-15-33/h5,7-8,12-13,26,30-31,33-34,39-40H,3-4,6,9-11,14-25,27-29H2,1-2H3,(H3,38,41,42,43). The second-order valence-corrected chi connectivity index (χ2v) is 16.4. The number of rotatable bonds is 19.